The van der Waals surface area contributed by atoms with Gasteiger partial charge >= 0.3 is 0 Å². The molecule has 0 aliphatic heterocycles. The number of hydrogen-bond donors (Lipinski definition) is 1. The molecule has 0 aliphatic carbocycles. The Hall–Kier alpha value is -2.55. The monoisotopic (exact) mass is 408 g/mol. The lowest BCUT2D eigenvalue weighted by Gasteiger charge is -2.34. The van der Waals surface area contributed by atoms with Gasteiger partial charge in [0, 0.05) is 18.5 Å². The largest absolute Gasteiger partial charge is 0.347 e. The number of hydrogen-bond acceptors (Lipinski definition) is 1. The second kappa shape index (κ2) is 9.09. The van der Waals surface area contributed by atoms with Gasteiger partial charge in [-0.2, -0.15) is 0 Å². The summed E-state index contributed by atoms with van der Waals surface area (Å²) in [5.41, 5.74) is 3.98. The summed E-state index contributed by atoms with van der Waals surface area (Å²) in [4.78, 5) is 8.42. The highest BCUT2D eigenvalue weighted by atomic mass is 35.5. The van der Waals surface area contributed by atoms with Crippen molar-refractivity contribution in [3.63, 3.8) is 0 Å². The molecule has 2 nitrogen and oxygen atoms in total. The van der Waals surface area contributed by atoms with Gasteiger partial charge in [-0.15, -0.1) is 24.0 Å². The minimum atomic E-state index is -0.520. The maximum atomic E-state index is 5.96. The van der Waals surface area contributed by atoms with Crippen LogP contribution in [0, 0.1) is 0 Å². The van der Waals surface area contributed by atoms with Crippen LogP contribution in [-0.2, 0) is 11.8 Å². The molecule has 0 aliphatic rings. The van der Waals surface area contributed by atoms with E-state index in [-0.39, 0.29) is 12.4 Å². The number of nitrogens with one attached hydrogen (secondary N) is 1. The van der Waals surface area contributed by atoms with E-state index in [0.29, 0.717) is 5.88 Å². The summed E-state index contributed by atoms with van der Waals surface area (Å²) >= 11 is 5.96. The van der Waals surface area contributed by atoms with Crippen molar-refractivity contribution in [2.24, 2.45) is 0 Å². The number of imidazole rings is 1. The highest BCUT2D eigenvalue weighted by molar-refractivity contribution is 6.17. The molecule has 0 saturated carbocycles. The first-order valence-electron chi connectivity index (χ1n) is 9.13. The number of aryl methyl sites for hydroxylation is 1. The summed E-state index contributed by atoms with van der Waals surface area (Å²) in [7, 11) is 0. The maximum Gasteiger partial charge on any atom is 0.126 e. The number of aromatic amines is 1. The molecule has 1 N–H and O–H groups in total. The molecule has 1 aromatic heterocycles. The molecule has 0 saturated heterocycles. The van der Waals surface area contributed by atoms with Crippen LogP contribution in [0.1, 0.15) is 28.2 Å². The van der Waals surface area contributed by atoms with E-state index in [2.05, 4.69) is 77.8 Å². The topological polar surface area (TPSA) is 28.7 Å². The van der Waals surface area contributed by atoms with Gasteiger partial charge in [0.25, 0.3) is 0 Å². The normalized spacial score (nSPS) is 11.0. The third-order valence-electron chi connectivity index (χ3n) is 4.96. The lowest BCUT2D eigenvalue weighted by Crippen LogP contribution is -2.32. The fourth-order valence-electron chi connectivity index (χ4n) is 3.75. The van der Waals surface area contributed by atoms with E-state index in [1.807, 2.05) is 24.4 Å². The van der Waals surface area contributed by atoms with Crippen molar-refractivity contribution in [3.05, 3.63) is 125 Å². The fourth-order valence-corrected chi connectivity index (χ4v) is 3.95. The molecule has 4 aromatic rings. The van der Waals surface area contributed by atoms with Gasteiger partial charge < -0.3 is 4.98 Å². The van der Waals surface area contributed by atoms with Crippen molar-refractivity contribution < 1.29 is 0 Å². The first kappa shape index (κ1) is 20.2. The van der Waals surface area contributed by atoms with E-state index < -0.39 is 5.41 Å². The Morgan fingerprint density at radius 2 is 1.14 bits per heavy atom. The quantitative estimate of drug-likeness (QED) is 0.307. The minimum absolute atomic E-state index is 0. The van der Waals surface area contributed by atoms with Crippen molar-refractivity contribution in [1.29, 1.82) is 0 Å². The molecule has 0 bridgehead atoms. The second-order valence-electron chi connectivity index (χ2n) is 6.53. The predicted molar refractivity (Wildman–Crippen MR) is 119 cm³/mol. The molecule has 0 amide bonds. The van der Waals surface area contributed by atoms with Gasteiger partial charge in [0.05, 0.1) is 5.69 Å². The van der Waals surface area contributed by atoms with Crippen molar-refractivity contribution in [2.45, 2.75) is 11.8 Å². The first-order valence-corrected chi connectivity index (χ1v) is 9.66. The molecule has 0 spiro atoms. The Bertz CT molecular complexity index is 886. The van der Waals surface area contributed by atoms with Crippen LogP contribution in [0.4, 0.5) is 0 Å². The van der Waals surface area contributed by atoms with Crippen LogP contribution in [0.5, 0.6) is 0 Å². The lowest BCUT2D eigenvalue weighted by molar-refractivity contribution is 0.689. The zero-order valence-electron chi connectivity index (χ0n) is 15.4. The lowest BCUT2D eigenvalue weighted by atomic mass is 9.69. The minimum Gasteiger partial charge on any atom is -0.347 e. The number of nitrogens with zero attached hydrogens (tertiary/aromatic N) is 1. The summed E-state index contributed by atoms with van der Waals surface area (Å²) in [5, 5.41) is 0. The van der Waals surface area contributed by atoms with E-state index in [9.17, 15) is 0 Å². The van der Waals surface area contributed by atoms with Crippen molar-refractivity contribution >= 4 is 24.0 Å². The molecule has 0 atom stereocenters. The van der Waals surface area contributed by atoms with Crippen molar-refractivity contribution in [3.8, 4) is 0 Å². The van der Waals surface area contributed by atoms with Crippen LogP contribution in [0.15, 0.2) is 97.2 Å². The highest BCUT2D eigenvalue weighted by Gasteiger charge is 2.40. The van der Waals surface area contributed by atoms with Crippen LogP contribution in [0.2, 0.25) is 0 Å². The van der Waals surface area contributed by atoms with Gasteiger partial charge in [0.15, 0.2) is 0 Å². The van der Waals surface area contributed by atoms with E-state index in [4.69, 9.17) is 16.6 Å². The summed E-state index contributed by atoms with van der Waals surface area (Å²) in [6, 6.07) is 31.7. The molecular formula is C24H22Cl2N2. The fraction of sp³-hybridized carbons (Fsp3) is 0.125. The molecule has 0 radical (unpaired) electrons. The van der Waals surface area contributed by atoms with E-state index in [1.165, 1.54) is 16.7 Å². The molecule has 4 heteroatoms. The van der Waals surface area contributed by atoms with Crippen LogP contribution in [0.25, 0.3) is 0 Å². The SMILES string of the molecule is Cl.ClCCc1c[nH]c(C(c2ccccc2)(c2ccccc2)c2ccccc2)n1. The third-order valence-corrected chi connectivity index (χ3v) is 5.15. The second-order valence-corrected chi connectivity index (χ2v) is 6.91. The molecule has 28 heavy (non-hydrogen) atoms. The predicted octanol–water partition coefficient (Wildman–Crippen LogP) is 6.00. The maximum absolute atomic E-state index is 5.96. The van der Waals surface area contributed by atoms with Gasteiger partial charge in [-0.1, -0.05) is 91.0 Å². The van der Waals surface area contributed by atoms with Gasteiger partial charge in [-0.3, -0.25) is 0 Å². The van der Waals surface area contributed by atoms with Gasteiger partial charge in [-0.05, 0) is 16.7 Å². The average Bonchev–Trinajstić information content (AvgIpc) is 3.20. The number of alkyl halides is 1. The average molecular weight is 409 g/mol. The summed E-state index contributed by atoms with van der Waals surface area (Å²) < 4.78 is 0. The summed E-state index contributed by atoms with van der Waals surface area (Å²) in [5.74, 6) is 1.46. The van der Waals surface area contributed by atoms with E-state index in [0.717, 1.165) is 17.9 Å². The molecule has 0 fully saturated rings. The van der Waals surface area contributed by atoms with Crippen LogP contribution in [0.3, 0.4) is 0 Å². The number of H-pyrrole nitrogens is 1. The summed E-state index contributed by atoms with van der Waals surface area (Å²) in [6.07, 6.45) is 2.72. The Balaban J connectivity index is 0.00000225. The Morgan fingerprint density at radius 1 is 0.714 bits per heavy atom. The van der Waals surface area contributed by atoms with E-state index in [1.54, 1.807) is 0 Å². The molecular weight excluding hydrogens is 387 g/mol. The molecule has 142 valence electrons. The Morgan fingerprint density at radius 3 is 1.54 bits per heavy atom. The van der Waals surface area contributed by atoms with Crippen LogP contribution in [-0.4, -0.2) is 15.8 Å². The summed E-state index contributed by atoms with van der Waals surface area (Å²) in [6.45, 7) is 0. The number of aromatic nitrogens is 2. The first-order chi connectivity index (χ1) is 13.4. The van der Waals surface area contributed by atoms with Crippen LogP contribution < -0.4 is 0 Å². The zero-order chi connectivity index (χ0) is 18.5. The van der Waals surface area contributed by atoms with Crippen LogP contribution >= 0.6 is 24.0 Å². The van der Waals surface area contributed by atoms with Crippen molar-refractivity contribution in [2.75, 3.05) is 5.88 Å². The van der Waals surface area contributed by atoms with Gasteiger partial charge in [0.1, 0.15) is 11.2 Å². The highest BCUT2D eigenvalue weighted by Crippen LogP contribution is 2.43. The van der Waals surface area contributed by atoms with Gasteiger partial charge in [-0.25, -0.2) is 4.98 Å². The van der Waals surface area contributed by atoms with Crippen molar-refractivity contribution in [1.82, 2.24) is 9.97 Å². The number of benzene rings is 3. The Labute approximate surface area is 177 Å². The van der Waals surface area contributed by atoms with E-state index >= 15 is 0 Å². The number of halogens is 2. The molecule has 4 rings (SSSR count). The molecule has 3 aromatic carbocycles. The standard InChI is InChI=1S/C24H21ClN2.ClH/c25-17-16-22-18-26-23(27-22)24(19-10-4-1-5-11-19,20-12-6-2-7-13-20)21-14-8-3-9-15-21;/h1-15,18H,16-17H2,(H,26,27);1H. The third kappa shape index (κ3) is 3.58. The molecule has 0 unspecified atom stereocenters. The Kier molecular flexibility index (Phi) is 6.56. The zero-order valence-corrected chi connectivity index (χ0v) is 17.0. The smallest absolute Gasteiger partial charge is 0.126 e. The number of rotatable bonds is 6. The van der Waals surface area contributed by atoms with Gasteiger partial charge in [0.2, 0.25) is 0 Å². The molecule has 1 heterocycles.